The third kappa shape index (κ3) is 2.28. The van der Waals surface area contributed by atoms with E-state index in [2.05, 4.69) is 20.5 Å². The van der Waals surface area contributed by atoms with E-state index in [0.29, 0.717) is 24.4 Å². The molecule has 1 saturated carbocycles. The molecule has 1 aliphatic carbocycles. The van der Waals surface area contributed by atoms with Gasteiger partial charge in [0.05, 0.1) is 12.1 Å². The van der Waals surface area contributed by atoms with E-state index in [-0.39, 0.29) is 0 Å². The lowest BCUT2D eigenvalue weighted by Gasteiger charge is -1.99. The van der Waals surface area contributed by atoms with Crippen LogP contribution in [-0.2, 0) is 6.54 Å². The molecule has 100 valence electrons. The minimum absolute atomic E-state index is 0.559. The lowest BCUT2D eigenvalue weighted by molar-refractivity contribution is 0.476. The van der Waals surface area contributed by atoms with Gasteiger partial charge in [-0.05, 0) is 37.1 Å². The highest BCUT2D eigenvalue weighted by Gasteiger charge is 2.21. The number of hydrogen-bond donors (Lipinski definition) is 1. The van der Waals surface area contributed by atoms with E-state index in [1.165, 1.54) is 12.8 Å². The van der Waals surface area contributed by atoms with Gasteiger partial charge >= 0.3 is 0 Å². The molecule has 0 atom stereocenters. The largest absolute Gasteiger partial charge is 0.419 e. The van der Waals surface area contributed by atoms with E-state index in [4.69, 9.17) is 4.42 Å². The molecular weight excluding hydrogens is 252 g/mol. The lowest BCUT2D eigenvalue weighted by atomic mass is 10.1. The molecule has 0 saturated heterocycles. The molecule has 1 fully saturated rings. The Morgan fingerprint density at radius 2 is 2.15 bits per heavy atom. The van der Waals surface area contributed by atoms with Gasteiger partial charge in [0.2, 0.25) is 11.8 Å². The van der Waals surface area contributed by atoms with Gasteiger partial charge in [0, 0.05) is 23.2 Å². The van der Waals surface area contributed by atoms with E-state index in [0.717, 1.165) is 16.5 Å². The fourth-order valence-corrected chi connectivity index (χ4v) is 2.17. The summed E-state index contributed by atoms with van der Waals surface area (Å²) < 4.78 is 5.69. The van der Waals surface area contributed by atoms with E-state index >= 15 is 0 Å². The number of rotatable bonds is 4. The summed E-state index contributed by atoms with van der Waals surface area (Å²) in [6, 6.07) is 10.5. The highest BCUT2D eigenvalue weighted by molar-refractivity contribution is 5.82. The lowest BCUT2D eigenvalue weighted by Crippen LogP contribution is -2.15. The van der Waals surface area contributed by atoms with Gasteiger partial charge in [-0.25, -0.2) is 0 Å². The Morgan fingerprint density at radius 1 is 1.20 bits per heavy atom. The van der Waals surface area contributed by atoms with Crippen LogP contribution in [0.4, 0.5) is 0 Å². The second-order valence-electron chi connectivity index (χ2n) is 5.07. The van der Waals surface area contributed by atoms with Crippen LogP contribution in [0.3, 0.4) is 0 Å². The van der Waals surface area contributed by atoms with Gasteiger partial charge in [-0.3, -0.25) is 4.98 Å². The molecule has 4 rings (SSSR count). The van der Waals surface area contributed by atoms with Crippen molar-refractivity contribution < 1.29 is 4.42 Å². The smallest absolute Gasteiger partial charge is 0.247 e. The fourth-order valence-electron chi connectivity index (χ4n) is 2.17. The first kappa shape index (κ1) is 11.5. The van der Waals surface area contributed by atoms with Crippen molar-refractivity contribution in [2.24, 2.45) is 0 Å². The summed E-state index contributed by atoms with van der Waals surface area (Å²) in [6.45, 7) is 0.646. The van der Waals surface area contributed by atoms with E-state index in [9.17, 15) is 0 Å². The predicted octanol–water partition coefficient (Wildman–Crippen LogP) is 2.54. The van der Waals surface area contributed by atoms with Crippen LogP contribution in [0.5, 0.6) is 0 Å². The van der Waals surface area contributed by atoms with Crippen molar-refractivity contribution in [2.45, 2.75) is 25.4 Å². The number of hydrogen-bond acceptors (Lipinski definition) is 5. The van der Waals surface area contributed by atoms with E-state index in [1.807, 2.05) is 30.3 Å². The van der Waals surface area contributed by atoms with E-state index in [1.54, 1.807) is 6.20 Å². The molecule has 2 heterocycles. The van der Waals surface area contributed by atoms with E-state index < -0.39 is 0 Å². The number of fused-ring (bicyclic) bond motifs is 1. The van der Waals surface area contributed by atoms with Gasteiger partial charge in [0.1, 0.15) is 0 Å². The van der Waals surface area contributed by atoms with Gasteiger partial charge in [-0.15, -0.1) is 10.2 Å². The van der Waals surface area contributed by atoms with Crippen LogP contribution in [0, 0.1) is 0 Å². The van der Waals surface area contributed by atoms with Crippen molar-refractivity contribution in [2.75, 3.05) is 0 Å². The molecule has 0 spiro atoms. The zero-order valence-electron chi connectivity index (χ0n) is 10.9. The first-order chi connectivity index (χ1) is 9.88. The third-order valence-electron chi connectivity index (χ3n) is 3.44. The van der Waals surface area contributed by atoms with Gasteiger partial charge in [0.15, 0.2) is 0 Å². The molecule has 20 heavy (non-hydrogen) atoms. The average Bonchev–Trinajstić information content (AvgIpc) is 3.21. The van der Waals surface area contributed by atoms with Crippen LogP contribution in [0.25, 0.3) is 22.4 Å². The van der Waals surface area contributed by atoms with Gasteiger partial charge in [-0.2, -0.15) is 0 Å². The second kappa shape index (κ2) is 4.68. The Morgan fingerprint density at radius 3 is 3.05 bits per heavy atom. The van der Waals surface area contributed by atoms with Crippen molar-refractivity contribution in [1.29, 1.82) is 0 Å². The highest BCUT2D eigenvalue weighted by atomic mass is 16.4. The summed E-state index contributed by atoms with van der Waals surface area (Å²) in [6.07, 6.45) is 4.29. The molecule has 0 bridgehead atoms. The first-order valence-electron chi connectivity index (χ1n) is 6.79. The zero-order valence-corrected chi connectivity index (χ0v) is 10.9. The molecular formula is C15H14N4O. The molecule has 1 aliphatic rings. The average molecular weight is 266 g/mol. The number of benzene rings is 1. The molecule has 0 aliphatic heterocycles. The van der Waals surface area contributed by atoms with Crippen molar-refractivity contribution >= 4 is 10.9 Å². The second-order valence-corrected chi connectivity index (χ2v) is 5.07. The topological polar surface area (TPSA) is 63.8 Å². The third-order valence-corrected chi connectivity index (χ3v) is 3.44. The van der Waals surface area contributed by atoms with Crippen molar-refractivity contribution in [1.82, 2.24) is 20.5 Å². The number of nitrogens with one attached hydrogen (secondary N) is 1. The van der Waals surface area contributed by atoms with Crippen LogP contribution >= 0.6 is 0 Å². The maximum atomic E-state index is 5.69. The van der Waals surface area contributed by atoms with Gasteiger partial charge in [-0.1, -0.05) is 6.07 Å². The molecule has 0 radical (unpaired) electrons. The van der Waals surface area contributed by atoms with Crippen LogP contribution < -0.4 is 5.32 Å². The monoisotopic (exact) mass is 266 g/mol. The van der Waals surface area contributed by atoms with Crippen LogP contribution in [0.15, 0.2) is 40.9 Å². The molecule has 1 N–H and O–H groups in total. The first-order valence-corrected chi connectivity index (χ1v) is 6.79. The Labute approximate surface area is 116 Å². The Hall–Kier alpha value is -2.27. The highest BCUT2D eigenvalue weighted by Crippen LogP contribution is 2.23. The van der Waals surface area contributed by atoms with Crippen LogP contribution in [0.2, 0.25) is 0 Å². The number of nitrogens with zero attached hydrogens (tertiary/aromatic N) is 3. The predicted molar refractivity (Wildman–Crippen MR) is 74.9 cm³/mol. The Bertz CT molecular complexity index is 748. The molecule has 5 nitrogen and oxygen atoms in total. The maximum Gasteiger partial charge on any atom is 0.247 e. The molecule has 0 amide bonds. The minimum atomic E-state index is 0.559. The summed E-state index contributed by atoms with van der Waals surface area (Å²) in [5.41, 5.74) is 1.89. The van der Waals surface area contributed by atoms with Crippen molar-refractivity contribution in [3.8, 4) is 11.5 Å². The van der Waals surface area contributed by atoms with Crippen molar-refractivity contribution in [3.63, 3.8) is 0 Å². The molecule has 0 unspecified atom stereocenters. The summed E-state index contributed by atoms with van der Waals surface area (Å²) in [5, 5.41) is 12.6. The minimum Gasteiger partial charge on any atom is -0.419 e. The Kier molecular flexibility index (Phi) is 2.70. The number of aromatic nitrogens is 3. The zero-order chi connectivity index (χ0) is 13.4. The van der Waals surface area contributed by atoms with Gasteiger partial charge in [0.25, 0.3) is 0 Å². The summed E-state index contributed by atoms with van der Waals surface area (Å²) >= 11 is 0. The molecule has 5 heteroatoms. The standard InChI is InChI=1S/C15H14N4O/c1-2-10-8-11(3-6-13(10)16-7-1)15-19-18-14(20-15)9-17-12-4-5-12/h1-3,6-8,12,17H,4-5,9H2. The SMILES string of the molecule is c1cnc2ccc(-c3nnc(CNC4CC4)o3)cc2c1. The summed E-state index contributed by atoms with van der Waals surface area (Å²) in [7, 11) is 0. The quantitative estimate of drug-likeness (QED) is 0.786. The van der Waals surface area contributed by atoms with Crippen molar-refractivity contribution in [3.05, 3.63) is 42.4 Å². The van der Waals surface area contributed by atoms with Crippen LogP contribution in [0.1, 0.15) is 18.7 Å². The summed E-state index contributed by atoms with van der Waals surface area (Å²) in [5.74, 6) is 1.20. The maximum absolute atomic E-state index is 5.69. The molecule has 2 aromatic heterocycles. The molecule has 3 aromatic rings. The van der Waals surface area contributed by atoms with Crippen LogP contribution in [-0.4, -0.2) is 21.2 Å². The Balaban J connectivity index is 1.60. The molecule has 1 aromatic carbocycles. The fraction of sp³-hybridized carbons (Fsp3) is 0.267. The normalized spacial score (nSPS) is 14.8. The number of pyridine rings is 1. The summed E-state index contributed by atoms with van der Waals surface area (Å²) in [4.78, 5) is 4.30. The van der Waals surface area contributed by atoms with Gasteiger partial charge < -0.3 is 9.73 Å².